The molecule has 5 heteroatoms. The molecule has 1 aliphatic rings. The van der Waals surface area contributed by atoms with Gasteiger partial charge in [-0.15, -0.1) is 11.3 Å². The van der Waals surface area contributed by atoms with Gasteiger partial charge in [0.2, 0.25) is 5.91 Å². The first kappa shape index (κ1) is 14.1. The lowest BCUT2D eigenvalue weighted by molar-refractivity contribution is -0.152. The van der Waals surface area contributed by atoms with E-state index in [1.807, 2.05) is 25.3 Å². The van der Waals surface area contributed by atoms with Crippen molar-refractivity contribution in [2.45, 2.75) is 39.2 Å². The number of carboxylic acid groups (broad SMARTS) is 1. The summed E-state index contributed by atoms with van der Waals surface area (Å²) in [6.07, 6.45) is 1.63. The Morgan fingerprint density at radius 1 is 1.58 bits per heavy atom. The Hall–Kier alpha value is -1.36. The second-order valence-corrected chi connectivity index (χ2v) is 5.93. The minimum Gasteiger partial charge on any atom is -0.481 e. The number of amides is 1. The Labute approximate surface area is 117 Å². The average molecular weight is 281 g/mol. The smallest absolute Gasteiger partial charge is 0.308 e. The summed E-state index contributed by atoms with van der Waals surface area (Å²) >= 11 is 1.55. The van der Waals surface area contributed by atoms with E-state index in [0.29, 0.717) is 19.4 Å². The number of thiophene rings is 1. The quantitative estimate of drug-likeness (QED) is 0.923. The molecule has 1 aromatic heterocycles. The topological polar surface area (TPSA) is 57.6 Å². The Balaban J connectivity index is 2.41. The van der Waals surface area contributed by atoms with E-state index in [-0.39, 0.29) is 11.9 Å². The number of aryl methyl sites for hydroxylation is 1. The van der Waals surface area contributed by atoms with E-state index in [2.05, 4.69) is 0 Å². The molecule has 2 atom stereocenters. The van der Waals surface area contributed by atoms with E-state index < -0.39 is 11.9 Å². The van der Waals surface area contributed by atoms with Crippen LogP contribution in [-0.2, 0) is 9.59 Å². The van der Waals surface area contributed by atoms with Crippen molar-refractivity contribution in [2.75, 3.05) is 6.54 Å². The average Bonchev–Trinajstić information content (AvgIpc) is 2.77. The minimum absolute atomic E-state index is 0.0807. The van der Waals surface area contributed by atoms with Crippen LogP contribution in [0, 0.1) is 12.8 Å². The fourth-order valence-electron chi connectivity index (χ4n) is 2.73. The molecule has 2 unspecified atom stereocenters. The number of hydrogen-bond donors (Lipinski definition) is 1. The predicted octanol–water partition coefficient (Wildman–Crippen LogP) is 2.83. The Bertz CT molecular complexity index is 483. The summed E-state index contributed by atoms with van der Waals surface area (Å²) in [5.74, 6) is -1.20. The highest BCUT2D eigenvalue weighted by Gasteiger charge is 2.41. The third-order valence-electron chi connectivity index (χ3n) is 3.66. The highest BCUT2D eigenvalue weighted by Crippen LogP contribution is 2.40. The number of likely N-dealkylation sites (tertiary alicyclic amines) is 1. The van der Waals surface area contributed by atoms with Gasteiger partial charge in [0, 0.05) is 17.8 Å². The zero-order chi connectivity index (χ0) is 14.0. The van der Waals surface area contributed by atoms with Gasteiger partial charge in [0.25, 0.3) is 0 Å². The first-order valence-electron chi connectivity index (χ1n) is 6.62. The fraction of sp³-hybridized carbons (Fsp3) is 0.571. The molecular weight excluding hydrogens is 262 g/mol. The van der Waals surface area contributed by atoms with Crippen LogP contribution >= 0.6 is 11.3 Å². The van der Waals surface area contributed by atoms with Gasteiger partial charge >= 0.3 is 5.97 Å². The molecule has 0 spiro atoms. The molecule has 0 aliphatic carbocycles. The number of carboxylic acids is 1. The number of hydrogen-bond acceptors (Lipinski definition) is 3. The van der Waals surface area contributed by atoms with Crippen LogP contribution in [0.25, 0.3) is 0 Å². The molecule has 1 amide bonds. The van der Waals surface area contributed by atoms with Gasteiger partial charge < -0.3 is 10.0 Å². The predicted molar refractivity (Wildman–Crippen MR) is 74.2 cm³/mol. The molecule has 1 saturated heterocycles. The van der Waals surface area contributed by atoms with E-state index in [1.54, 1.807) is 16.2 Å². The van der Waals surface area contributed by atoms with Gasteiger partial charge in [-0.3, -0.25) is 9.59 Å². The summed E-state index contributed by atoms with van der Waals surface area (Å²) in [6.45, 7) is 4.62. The molecule has 1 N–H and O–H groups in total. The minimum atomic E-state index is -0.800. The van der Waals surface area contributed by atoms with Crippen LogP contribution in [0.5, 0.6) is 0 Å². The Kier molecular flexibility index (Phi) is 4.24. The van der Waals surface area contributed by atoms with Crippen molar-refractivity contribution >= 4 is 23.2 Å². The molecular formula is C14H19NO3S. The van der Waals surface area contributed by atoms with Gasteiger partial charge in [-0.25, -0.2) is 0 Å². The summed E-state index contributed by atoms with van der Waals surface area (Å²) < 4.78 is 0. The highest BCUT2D eigenvalue weighted by molar-refractivity contribution is 7.10. The van der Waals surface area contributed by atoms with Crippen molar-refractivity contribution < 1.29 is 14.7 Å². The monoisotopic (exact) mass is 281 g/mol. The van der Waals surface area contributed by atoms with Crippen LogP contribution in [-0.4, -0.2) is 28.4 Å². The van der Waals surface area contributed by atoms with Gasteiger partial charge in [-0.2, -0.15) is 0 Å². The van der Waals surface area contributed by atoms with Crippen LogP contribution in [0.3, 0.4) is 0 Å². The summed E-state index contributed by atoms with van der Waals surface area (Å²) in [4.78, 5) is 26.4. The SMILES string of the molecule is CCCN1C(=O)CCC(C(=O)O)C1c1sccc1C. The molecule has 1 fully saturated rings. The van der Waals surface area contributed by atoms with Crippen LogP contribution in [0.1, 0.15) is 42.7 Å². The molecule has 4 nitrogen and oxygen atoms in total. The molecule has 1 aliphatic heterocycles. The van der Waals surface area contributed by atoms with E-state index in [4.69, 9.17) is 0 Å². The van der Waals surface area contributed by atoms with E-state index in [0.717, 1.165) is 16.9 Å². The van der Waals surface area contributed by atoms with Crippen LogP contribution in [0.15, 0.2) is 11.4 Å². The van der Waals surface area contributed by atoms with Crippen LogP contribution < -0.4 is 0 Å². The number of aliphatic carboxylic acids is 1. The van der Waals surface area contributed by atoms with Crippen molar-refractivity contribution in [3.63, 3.8) is 0 Å². The summed E-state index contributed by atoms with van der Waals surface area (Å²) in [6, 6.07) is 1.70. The number of piperidine rings is 1. The van der Waals surface area contributed by atoms with E-state index >= 15 is 0 Å². The maximum absolute atomic E-state index is 12.1. The largest absolute Gasteiger partial charge is 0.481 e. The summed E-state index contributed by atoms with van der Waals surface area (Å²) in [5.41, 5.74) is 1.08. The van der Waals surface area contributed by atoms with Gasteiger partial charge in [0.1, 0.15) is 0 Å². The molecule has 0 aromatic carbocycles. The second kappa shape index (κ2) is 5.74. The zero-order valence-corrected chi connectivity index (χ0v) is 12.1. The molecule has 0 saturated carbocycles. The maximum Gasteiger partial charge on any atom is 0.308 e. The first-order valence-corrected chi connectivity index (χ1v) is 7.50. The number of carbonyl (C=O) groups excluding carboxylic acids is 1. The summed E-state index contributed by atoms with van der Waals surface area (Å²) in [5, 5.41) is 11.4. The fourth-order valence-corrected chi connectivity index (χ4v) is 3.83. The van der Waals surface area contributed by atoms with Gasteiger partial charge in [0.15, 0.2) is 0 Å². The zero-order valence-electron chi connectivity index (χ0n) is 11.3. The molecule has 19 heavy (non-hydrogen) atoms. The Morgan fingerprint density at radius 2 is 2.32 bits per heavy atom. The van der Waals surface area contributed by atoms with Crippen LogP contribution in [0.2, 0.25) is 0 Å². The molecule has 2 rings (SSSR count). The van der Waals surface area contributed by atoms with E-state index in [9.17, 15) is 14.7 Å². The van der Waals surface area contributed by atoms with Crippen LogP contribution in [0.4, 0.5) is 0 Å². The molecule has 104 valence electrons. The number of carbonyl (C=O) groups is 2. The number of nitrogens with zero attached hydrogens (tertiary/aromatic N) is 1. The first-order chi connectivity index (χ1) is 9.06. The van der Waals surface area contributed by atoms with Crippen molar-refractivity contribution in [1.29, 1.82) is 0 Å². The second-order valence-electron chi connectivity index (χ2n) is 4.98. The molecule has 1 aromatic rings. The normalized spacial score (nSPS) is 23.7. The third kappa shape index (κ3) is 2.66. The van der Waals surface area contributed by atoms with Gasteiger partial charge in [0.05, 0.1) is 12.0 Å². The lowest BCUT2D eigenvalue weighted by atomic mass is 9.86. The lowest BCUT2D eigenvalue weighted by Gasteiger charge is -2.39. The van der Waals surface area contributed by atoms with E-state index in [1.165, 1.54) is 0 Å². The van der Waals surface area contributed by atoms with Gasteiger partial charge in [-0.05, 0) is 36.8 Å². The summed E-state index contributed by atoms with van der Waals surface area (Å²) in [7, 11) is 0. The van der Waals surface area contributed by atoms with Crippen molar-refractivity contribution in [3.05, 3.63) is 21.9 Å². The maximum atomic E-state index is 12.1. The lowest BCUT2D eigenvalue weighted by Crippen LogP contribution is -2.45. The Morgan fingerprint density at radius 3 is 2.84 bits per heavy atom. The third-order valence-corrected chi connectivity index (χ3v) is 4.75. The van der Waals surface area contributed by atoms with Crippen molar-refractivity contribution in [2.24, 2.45) is 5.92 Å². The molecule has 2 heterocycles. The van der Waals surface area contributed by atoms with Crippen molar-refractivity contribution in [1.82, 2.24) is 4.90 Å². The standard InChI is InChI=1S/C14H19NO3S/c1-3-7-15-11(16)5-4-10(14(17)18)12(15)13-9(2)6-8-19-13/h6,8,10,12H,3-5,7H2,1-2H3,(H,17,18). The number of rotatable bonds is 4. The molecule has 0 bridgehead atoms. The van der Waals surface area contributed by atoms with Crippen molar-refractivity contribution in [3.8, 4) is 0 Å². The van der Waals surface area contributed by atoms with Gasteiger partial charge in [-0.1, -0.05) is 6.92 Å². The highest BCUT2D eigenvalue weighted by atomic mass is 32.1. The molecule has 0 radical (unpaired) electrons.